The fraction of sp³-hybridized carbons (Fsp3) is 0.556. The summed E-state index contributed by atoms with van der Waals surface area (Å²) in [7, 11) is -4.42. The number of nitrogens with zero attached hydrogens (tertiary/aromatic N) is 1. The molecular formula is C18H25F3N2O5S. The normalized spacial score (nSPS) is 13.4. The number of nitrogens with one attached hydrogen (secondary N) is 1. The summed E-state index contributed by atoms with van der Waals surface area (Å²) in [6.07, 6.45) is -4.71. The molecule has 0 fully saturated rings. The molecule has 0 saturated heterocycles. The van der Waals surface area contributed by atoms with Gasteiger partial charge in [0, 0.05) is 12.1 Å². The Morgan fingerprint density at radius 3 is 2.14 bits per heavy atom. The Morgan fingerprint density at radius 1 is 1.10 bits per heavy atom. The topological polar surface area (TPSA) is 92.8 Å². The van der Waals surface area contributed by atoms with E-state index >= 15 is 0 Å². The van der Waals surface area contributed by atoms with Crippen LogP contribution in [-0.2, 0) is 30.5 Å². The highest BCUT2D eigenvalue weighted by molar-refractivity contribution is 7.89. The zero-order chi connectivity index (χ0) is 22.6. The lowest BCUT2D eigenvalue weighted by molar-refractivity contribution is -0.154. The van der Waals surface area contributed by atoms with Crippen LogP contribution in [0.4, 0.5) is 13.2 Å². The number of alkyl halides is 3. The van der Waals surface area contributed by atoms with Crippen LogP contribution < -0.4 is 4.72 Å². The smallest absolute Gasteiger partial charge is 0.416 e. The van der Waals surface area contributed by atoms with Crippen molar-refractivity contribution in [2.75, 3.05) is 6.61 Å². The number of hydrogen-bond donors (Lipinski definition) is 1. The molecule has 0 aliphatic heterocycles. The predicted octanol–water partition coefficient (Wildman–Crippen LogP) is 2.56. The number of carbonyl (C=O) groups is 2. The number of hydrogen-bond acceptors (Lipinski definition) is 5. The fourth-order valence-electron chi connectivity index (χ4n) is 2.69. The summed E-state index contributed by atoms with van der Waals surface area (Å²) in [6.45, 7) is 7.78. The van der Waals surface area contributed by atoms with Crippen LogP contribution in [0.15, 0.2) is 29.2 Å². The summed E-state index contributed by atoms with van der Waals surface area (Å²) in [5.74, 6) is -1.47. The van der Waals surface area contributed by atoms with Gasteiger partial charge in [0.1, 0.15) is 6.04 Å². The highest BCUT2D eigenvalue weighted by atomic mass is 32.2. The summed E-state index contributed by atoms with van der Waals surface area (Å²) in [5, 5.41) is 0. The van der Waals surface area contributed by atoms with Crippen molar-refractivity contribution in [2.45, 2.75) is 63.8 Å². The molecule has 0 heterocycles. The van der Waals surface area contributed by atoms with Crippen molar-refractivity contribution in [3.63, 3.8) is 0 Å². The maximum atomic E-state index is 12.8. The molecule has 1 aromatic rings. The minimum absolute atomic E-state index is 0.127. The first-order chi connectivity index (χ1) is 13.2. The third kappa shape index (κ3) is 7.00. The minimum Gasteiger partial charge on any atom is -0.454 e. The Kier molecular flexibility index (Phi) is 8.22. The van der Waals surface area contributed by atoms with Crippen molar-refractivity contribution in [2.24, 2.45) is 0 Å². The molecule has 0 radical (unpaired) electrons. The second kappa shape index (κ2) is 9.57. The quantitative estimate of drug-likeness (QED) is 0.630. The largest absolute Gasteiger partial charge is 0.454 e. The molecule has 1 amide bonds. The van der Waals surface area contributed by atoms with Gasteiger partial charge in [0.05, 0.1) is 10.5 Å². The third-order valence-electron chi connectivity index (χ3n) is 3.90. The Morgan fingerprint density at radius 2 is 1.66 bits per heavy atom. The summed E-state index contributed by atoms with van der Waals surface area (Å²) in [5.41, 5.74) is -1.14. The van der Waals surface area contributed by atoms with Gasteiger partial charge in [-0.05, 0) is 52.8 Å². The Labute approximate surface area is 168 Å². The molecule has 1 rings (SSSR count). The van der Waals surface area contributed by atoms with E-state index in [1.165, 1.54) is 11.8 Å². The Hall–Kier alpha value is -2.14. The number of carbonyl (C=O) groups excluding carboxylic acids is 2. The molecule has 0 bridgehead atoms. The second-order valence-electron chi connectivity index (χ2n) is 6.96. The third-order valence-corrected chi connectivity index (χ3v) is 5.43. The lowest BCUT2D eigenvalue weighted by Gasteiger charge is -2.30. The summed E-state index contributed by atoms with van der Waals surface area (Å²) >= 11 is 0. The number of esters is 1. The molecule has 0 aliphatic rings. The molecule has 1 atom stereocenters. The Bertz CT molecular complexity index is 830. The van der Waals surface area contributed by atoms with Crippen molar-refractivity contribution in [1.82, 2.24) is 9.62 Å². The van der Waals surface area contributed by atoms with Gasteiger partial charge < -0.3 is 9.64 Å². The molecule has 164 valence electrons. The van der Waals surface area contributed by atoms with Crippen LogP contribution in [0, 0.1) is 0 Å². The maximum Gasteiger partial charge on any atom is 0.416 e. The molecule has 0 unspecified atom stereocenters. The van der Waals surface area contributed by atoms with Gasteiger partial charge in [-0.2, -0.15) is 17.9 Å². The number of rotatable bonds is 8. The van der Waals surface area contributed by atoms with E-state index in [0.717, 1.165) is 18.2 Å². The predicted molar refractivity (Wildman–Crippen MR) is 99.3 cm³/mol. The molecule has 29 heavy (non-hydrogen) atoms. The summed E-state index contributed by atoms with van der Waals surface area (Å²) in [6, 6.07) is 1.46. The number of halogens is 3. The molecule has 7 nitrogen and oxygen atoms in total. The zero-order valence-electron chi connectivity index (χ0n) is 16.8. The molecule has 0 aromatic heterocycles. The first-order valence-corrected chi connectivity index (χ1v) is 10.3. The van der Waals surface area contributed by atoms with Crippen LogP contribution in [0.3, 0.4) is 0 Å². The molecule has 1 N–H and O–H groups in total. The minimum atomic E-state index is -4.71. The second-order valence-corrected chi connectivity index (χ2v) is 8.68. The zero-order valence-corrected chi connectivity index (χ0v) is 17.6. The average molecular weight is 438 g/mol. The van der Waals surface area contributed by atoms with Gasteiger partial charge in [-0.15, -0.1) is 0 Å². The number of benzene rings is 1. The number of amides is 1. The van der Waals surface area contributed by atoms with Gasteiger partial charge in [0.2, 0.25) is 10.0 Å². The summed E-state index contributed by atoms with van der Waals surface area (Å²) < 4.78 is 69.7. The van der Waals surface area contributed by atoms with Crippen LogP contribution in [0.2, 0.25) is 0 Å². The van der Waals surface area contributed by atoms with E-state index in [-0.39, 0.29) is 12.1 Å². The van der Waals surface area contributed by atoms with E-state index in [0.29, 0.717) is 6.07 Å². The van der Waals surface area contributed by atoms with E-state index in [1.54, 1.807) is 27.7 Å². The van der Waals surface area contributed by atoms with E-state index in [2.05, 4.69) is 0 Å². The van der Waals surface area contributed by atoms with E-state index in [1.807, 2.05) is 4.72 Å². The fourth-order valence-corrected chi connectivity index (χ4v) is 3.93. The summed E-state index contributed by atoms with van der Waals surface area (Å²) in [4.78, 5) is 25.1. The van der Waals surface area contributed by atoms with Crippen molar-refractivity contribution in [1.29, 1.82) is 0 Å². The SMILES string of the molecule is CC(C)N(C(=O)COC(=O)[C@@H](C)NS(=O)(=O)c1cccc(C(F)(F)F)c1)C(C)C. The highest BCUT2D eigenvalue weighted by Crippen LogP contribution is 2.30. The van der Waals surface area contributed by atoms with Crippen molar-refractivity contribution < 1.29 is 35.9 Å². The van der Waals surface area contributed by atoms with Crippen molar-refractivity contribution >= 4 is 21.9 Å². The van der Waals surface area contributed by atoms with Gasteiger partial charge in [0.25, 0.3) is 5.91 Å². The lowest BCUT2D eigenvalue weighted by atomic mass is 10.2. The van der Waals surface area contributed by atoms with Crippen LogP contribution in [-0.4, -0.2) is 49.9 Å². The van der Waals surface area contributed by atoms with Crippen LogP contribution in [0.25, 0.3) is 0 Å². The first kappa shape index (κ1) is 24.9. The van der Waals surface area contributed by atoms with Gasteiger partial charge in [-0.3, -0.25) is 9.59 Å². The van der Waals surface area contributed by atoms with E-state index in [4.69, 9.17) is 4.74 Å². The van der Waals surface area contributed by atoms with Crippen LogP contribution in [0.1, 0.15) is 40.2 Å². The van der Waals surface area contributed by atoms with E-state index in [9.17, 15) is 31.2 Å². The average Bonchev–Trinajstić information content (AvgIpc) is 2.58. The standard InChI is InChI=1S/C18H25F3N2O5S/c1-11(2)23(12(3)4)16(24)10-28-17(25)13(5)22-29(26,27)15-8-6-7-14(9-15)18(19,20)21/h6-9,11-13,22H,10H2,1-5H3/t13-/m1/s1. The number of sulfonamides is 1. The van der Waals surface area contributed by atoms with Crippen molar-refractivity contribution in [3.05, 3.63) is 29.8 Å². The van der Waals surface area contributed by atoms with Gasteiger partial charge in [-0.1, -0.05) is 6.07 Å². The van der Waals surface area contributed by atoms with Crippen LogP contribution in [0.5, 0.6) is 0 Å². The molecule has 0 aliphatic carbocycles. The molecule has 11 heteroatoms. The Balaban J connectivity index is 2.81. The van der Waals surface area contributed by atoms with Gasteiger partial charge >= 0.3 is 12.1 Å². The molecular weight excluding hydrogens is 413 g/mol. The molecule has 0 spiro atoms. The number of ether oxygens (including phenoxy) is 1. The van der Waals surface area contributed by atoms with Crippen LogP contribution >= 0.6 is 0 Å². The van der Waals surface area contributed by atoms with Gasteiger partial charge in [0.15, 0.2) is 6.61 Å². The monoisotopic (exact) mass is 438 g/mol. The molecule has 1 aromatic carbocycles. The first-order valence-electron chi connectivity index (χ1n) is 8.84. The van der Waals surface area contributed by atoms with Gasteiger partial charge in [-0.25, -0.2) is 8.42 Å². The van der Waals surface area contributed by atoms with Crippen molar-refractivity contribution in [3.8, 4) is 0 Å². The highest BCUT2D eigenvalue weighted by Gasteiger charge is 2.32. The lowest BCUT2D eigenvalue weighted by Crippen LogP contribution is -2.45. The van der Waals surface area contributed by atoms with E-state index < -0.39 is 51.2 Å². The molecule has 0 saturated carbocycles. The maximum absolute atomic E-state index is 12.8.